The molecule has 0 spiro atoms. The molecule has 3 heterocycles. The van der Waals surface area contributed by atoms with Gasteiger partial charge in [0.15, 0.2) is 11.3 Å². The summed E-state index contributed by atoms with van der Waals surface area (Å²) in [6.07, 6.45) is 15.2. The Morgan fingerprint density at radius 3 is 2.56 bits per heavy atom. The average molecular weight is 551 g/mol. The van der Waals surface area contributed by atoms with Crippen LogP contribution in [0.2, 0.25) is 0 Å². The smallest absolute Gasteiger partial charge is 0.408 e. The van der Waals surface area contributed by atoms with E-state index in [0.29, 0.717) is 0 Å². The van der Waals surface area contributed by atoms with Gasteiger partial charge in [-0.1, -0.05) is 37.6 Å². The summed E-state index contributed by atoms with van der Waals surface area (Å²) in [6, 6.07) is 2.10. The van der Waals surface area contributed by atoms with E-state index in [9.17, 15) is 4.79 Å². The second kappa shape index (κ2) is 11.2. The van der Waals surface area contributed by atoms with Crippen molar-refractivity contribution in [3.63, 3.8) is 0 Å². The van der Waals surface area contributed by atoms with Gasteiger partial charge in [0, 0.05) is 22.1 Å². The highest BCUT2D eigenvalue weighted by molar-refractivity contribution is 8.02. The number of carbonyl (C=O) groups is 1. The number of rotatable bonds is 8. The molecule has 0 aromatic carbocycles. The van der Waals surface area contributed by atoms with Crippen molar-refractivity contribution in [1.82, 2.24) is 28.9 Å². The molecule has 3 aromatic rings. The largest absolute Gasteiger partial charge is 0.444 e. The molecule has 1 fully saturated rings. The Kier molecular flexibility index (Phi) is 8.30. The van der Waals surface area contributed by atoms with E-state index >= 15 is 0 Å². The lowest BCUT2D eigenvalue weighted by molar-refractivity contribution is 0.0409. The van der Waals surface area contributed by atoms with Crippen molar-refractivity contribution in [1.29, 1.82) is 0 Å². The van der Waals surface area contributed by atoms with Gasteiger partial charge in [-0.25, -0.2) is 9.78 Å². The second-order valence-corrected chi connectivity index (χ2v) is 13.1. The predicted molar refractivity (Wildman–Crippen MR) is 160 cm³/mol. The molecule has 210 valence electrons. The molecular weight excluding hydrogens is 508 g/mol. The third-order valence-corrected chi connectivity index (χ3v) is 8.45. The molecule has 0 bridgehead atoms. The highest BCUT2D eigenvalue weighted by Gasteiger charge is 2.45. The van der Waals surface area contributed by atoms with Gasteiger partial charge in [0.1, 0.15) is 11.4 Å². The Hall–Kier alpha value is -3.07. The summed E-state index contributed by atoms with van der Waals surface area (Å²) in [6.45, 7) is 18.0. The molecule has 9 heteroatoms. The van der Waals surface area contributed by atoms with E-state index < -0.39 is 5.60 Å². The third-order valence-electron chi connectivity index (χ3n) is 7.37. The SMILES string of the molecule is C=C(C)/C=C\C(=C/C)Sn1ccc2c1ncc1nnc(C3(CCC)CCC(C)(NC(=O)OC(C)(C)C)CC3)n12. The fourth-order valence-corrected chi connectivity index (χ4v) is 6.19. The lowest BCUT2D eigenvalue weighted by atomic mass is 9.65. The first-order chi connectivity index (χ1) is 18.4. The van der Waals surface area contributed by atoms with E-state index in [0.717, 1.165) is 71.6 Å². The second-order valence-electron chi connectivity index (χ2n) is 12.0. The number of allylic oxidation sites excluding steroid dienone is 4. The summed E-state index contributed by atoms with van der Waals surface area (Å²) >= 11 is 1.62. The minimum atomic E-state index is -0.524. The van der Waals surface area contributed by atoms with Gasteiger partial charge in [-0.05, 0) is 97.7 Å². The van der Waals surface area contributed by atoms with Crippen molar-refractivity contribution >= 4 is 34.9 Å². The Balaban J connectivity index is 1.66. The maximum Gasteiger partial charge on any atom is 0.408 e. The van der Waals surface area contributed by atoms with Gasteiger partial charge >= 0.3 is 6.09 Å². The molecule has 0 saturated heterocycles. The summed E-state index contributed by atoms with van der Waals surface area (Å²) in [4.78, 5) is 18.4. The van der Waals surface area contributed by atoms with E-state index in [2.05, 4.69) is 63.6 Å². The van der Waals surface area contributed by atoms with Gasteiger partial charge in [-0.3, -0.25) is 8.37 Å². The van der Waals surface area contributed by atoms with Gasteiger partial charge in [0.25, 0.3) is 0 Å². The zero-order chi connectivity index (χ0) is 28.4. The van der Waals surface area contributed by atoms with Crippen LogP contribution in [-0.2, 0) is 10.2 Å². The minimum absolute atomic E-state index is 0.133. The molecule has 1 aliphatic rings. The third kappa shape index (κ3) is 6.40. The zero-order valence-electron chi connectivity index (χ0n) is 24.4. The van der Waals surface area contributed by atoms with Crippen LogP contribution in [0, 0.1) is 0 Å². The number of nitrogens with one attached hydrogen (secondary N) is 1. The number of ether oxygens (including phenoxy) is 1. The molecule has 3 aromatic heterocycles. The molecular formula is C30H42N6O2S. The van der Waals surface area contributed by atoms with Crippen LogP contribution in [0.3, 0.4) is 0 Å². The molecule has 8 nitrogen and oxygen atoms in total. The molecule has 0 unspecified atom stereocenters. The summed E-state index contributed by atoms with van der Waals surface area (Å²) in [7, 11) is 0. The fraction of sp³-hybridized carbons (Fsp3) is 0.533. The topological polar surface area (TPSA) is 86.3 Å². The number of carbonyl (C=O) groups excluding carboxylic acids is 1. The van der Waals surface area contributed by atoms with Crippen molar-refractivity contribution in [2.24, 2.45) is 0 Å². The molecule has 1 N–H and O–H groups in total. The van der Waals surface area contributed by atoms with Gasteiger partial charge in [-0.2, -0.15) is 0 Å². The highest BCUT2D eigenvalue weighted by atomic mass is 32.2. The maximum atomic E-state index is 12.6. The van der Waals surface area contributed by atoms with Gasteiger partial charge in [0.05, 0.1) is 11.7 Å². The summed E-state index contributed by atoms with van der Waals surface area (Å²) in [5, 5.41) is 12.5. The average Bonchev–Trinajstić information content (AvgIpc) is 3.46. The number of alkyl carbamates (subject to hydrolysis) is 1. The van der Waals surface area contributed by atoms with Crippen LogP contribution in [0.4, 0.5) is 4.79 Å². The quantitative estimate of drug-likeness (QED) is 0.292. The van der Waals surface area contributed by atoms with Gasteiger partial charge < -0.3 is 10.1 Å². The molecule has 39 heavy (non-hydrogen) atoms. The summed E-state index contributed by atoms with van der Waals surface area (Å²) in [5.74, 6) is 0.988. The first-order valence-electron chi connectivity index (χ1n) is 13.8. The van der Waals surface area contributed by atoms with E-state index in [1.165, 1.54) is 0 Å². The van der Waals surface area contributed by atoms with E-state index in [1.807, 2.05) is 46.9 Å². The van der Waals surface area contributed by atoms with Gasteiger partial charge in [-0.15, -0.1) is 10.2 Å². The van der Waals surface area contributed by atoms with Crippen molar-refractivity contribution in [2.75, 3.05) is 0 Å². The monoisotopic (exact) mass is 550 g/mol. The number of fused-ring (bicyclic) bond motifs is 3. The fourth-order valence-electron chi connectivity index (χ4n) is 5.38. The van der Waals surface area contributed by atoms with Crippen LogP contribution in [0.25, 0.3) is 16.8 Å². The van der Waals surface area contributed by atoms with Gasteiger partial charge in [0.2, 0.25) is 0 Å². The molecule has 1 amide bonds. The summed E-state index contributed by atoms with van der Waals surface area (Å²) in [5.41, 5.74) is 2.65. The van der Waals surface area contributed by atoms with Crippen LogP contribution >= 0.6 is 11.9 Å². The van der Waals surface area contributed by atoms with E-state index in [-0.39, 0.29) is 17.0 Å². The van der Waals surface area contributed by atoms with Crippen LogP contribution in [0.5, 0.6) is 0 Å². The Bertz CT molecular complexity index is 1420. The number of amides is 1. The van der Waals surface area contributed by atoms with Crippen molar-refractivity contribution in [2.45, 2.75) is 104 Å². The molecule has 1 aliphatic carbocycles. The van der Waals surface area contributed by atoms with Crippen LogP contribution in [0.15, 0.2) is 53.7 Å². The van der Waals surface area contributed by atoms with E-state index in [4.69, 9.17) is 14.8 Å². The molecule has 4 rings (SSSR count). The standard InChI is InChI=1S/C30H42N6O2S/c1-9-14-30(17-15-29(8,16-18-30)32-27(37)38-28(5,6)7)26-34-33-24-20-31-25-23(36(24)26)13-19-35(25)39-22(10-2)12-11-21(3)4/h10-13,19-20H,3,9,14-18H2,1-2,4-8H3,(H,32,37)/b12-11-,22-10+. The van der Waals surface area contributed by atoms with Crippen LogP contribution < -0.4 is 5.32 Å². The predicted octanol–water partition coefficient (Wildman–Crippen LogP) is 7.51. The molecule has 0 radical (unpaired) electrons. The highest BCUT2D eigenvalue weighted by Crippen LogP contribution is 2.46. The minimum Gasteiger partial charge on any atom is -0.444 e. The molecule has 0 atom stereocenters. The number of hydrogen-bond acceptors (Lipinski definition) is 6. The Labute approximate surface area is 236 Å². The lowest BCUT2D eigenvalue weighted by Crippen LogP contribution is -2.52. The van der Waals surface area contributed by atoms with Crippen molar-refractivity contribution in [3.8, 4) is 0 Å². The van der Waals surface area contributed by atoms with Crippen molar-refractivity contribution in [3.05, 3.63) is 59.6 Å². The first kappa shape index (κ1) is 28.9. The lowest BCUT2D eigenvalue weighted by Gasteiger charge is -2.44. The number of hydrogen-bond donors (Lipinski definition) is 1. The Morgan fingerprint density at radius 1 is 1.23 bits per heavy atom. The number of nitrogens with zero attached hydrogens (tertiary/aromatic N) is 5. The maximum absolute atomic E-state index is 12.6. The normalized spacial score (nSPS) is 22.6. The van der Waals surface area contributed by atoms with Crippen LogP contribution in [-0.4, -0.2) is 40.8 Å². The zero-order valence-corrected chi connectivity index (χ0v) is 25.2. The van der Waals surface area contributed by atoms with E-state index in [1.54, 1.807) is 11.9 Å². The number of aromatic nitrogens is 5. The molecule has 0 aliphatic heterocycles. The first-order valence-corrected chi connectivity index (χ1v) is 14.6. The summed E-state index contributed by atoms with van der Waals surface area (Å²) < 4.78 is 9.83. The van der Waals surface area contributed by atoms with Crippen LogP contribution in [0.1, 0.15) is 92.8 Å². The van der Waals surface area contributed by atoms with Crippen molar-refractivity contribution < 1.29 is 9.53 Å². The molecule has 1 saturated carbocycles. The Morgan fingerprint density at radius 2 is 1.95 bits per heavy atom.